The summed E-state index contributed by atoms with van der Waals surface area (Å²) in [5.41, 5.74) is -0.00530. The van der Waals surface area contributed by atoms with Crippen LogP contribution in [0.1, 0.15) is 12.0 Å². The van der Waals surface area contributed by atoms with Crippen LogP contribution in [0.25, 0.3) is 5.57 Å². The van der Waals surface area contributed by atoms with Gasteiger partial charge in [0.1, 0.15) is 5.76 Å². The fourth-order valence-corrected chi connectivity index (χ4v) is 2.58. The van der Waals surface area contributed by atoms with Crippen LogP contribution in [0.4, 0.5) is 0 Å². The molecular weight excluding hydrogens is 282 g/mol. The molecule has 0 fully saturated rings. The highest BCUT2D eigenvalue weighted by atomic mass is 16.5. The molecule has 0 heterocycles. The summed E-state index contributed by atoms with van der Waals surface area (Å²) in [6.07, 6.45) is 3.26. The highest BCUT2D eigenvalue weighted by Gasteiger charge is 2.48. The zero-order valence-electron chi connectivity index (χ0n) is 12.9. The van der Waals surface area contributed by atoms with Crippen molar-refractivity contribution in [1.29, 1.82) is 0 Å². The molecule has 0 aromatic heterocycles. The van der Waals surface area contributed by atoms with E-state index < -0.39 is 17.3 Å². The number of allylic oxidation sites excluding steroid dienone is 2. The lowest BCUT2D eigenvalue weighted by molar-refractivity contribution is -0.155. The molecule has 1 atom stereocenters. The summed E-state index contributed by atoms with van der Waals surface area (Å²) < 4.78 is 5.23. The van der Waals surface area contributed by atoms with Crippen LogP contribution in [0.2, 0.25) is 0 Å². The molecule has 5 heteroatoms. The minimum atomic E-state index is -1.64. The first-order chi connectivity index (χ1) is 10.4. The van der Waals surface area contributed by atoms with Crippen LogP contribution in [0.5, 0.6) is 0 Å². The Hall–Kier alpha value is -2.56. The van der Waals surface area contributed by atoms with Crippen LogP contribution >= 0.6 is 0 Å². The SMILES string of the molecule is COC1=CC(C(=O)O)(C(=O)N(C)C)CC(c2ccccc2)=C1. The molecule has 0 spiro atoms. The third-order valence-corrected chi connectivity index (χ3v) is 3.72. The van der Waals surface area contributed by atoms with E-state index in [1.165, 1.54) is 18.1 Å². The Bertz CT molecular complexity index is 646. The van der Waals surface area contributed by atoms with E-state index in [0.717, 1.165) is 11.1 Å². The number of hydrogen-bond acceptors (Lipinski definition) is 3. The number of ether oxygens (including phenoxy) is 1. The minimum absolute atomic E-state index is 0.0935. The molecule has 1 amide bonds. The number of nitrogens with zero attached hydrogens (tertiary/aromatic N) is 1. The maximum atomic E-state index is 12.5. The second-order valence-corrected chi connectivity index (χ2v) is 5.44. The normalized spacial score (nSPS) is 20.7. The predicted molar refractivity (Wildman–Crippen MR) is 82.9 cm³/mol. The van der Waals surface area contributed by atoms with Crippen LogP contribution < -0.4 is 0 Å². The largest absolute Gasteiger partial charge is 0.497 e. The van der Waals surface area contributed by atoms with Gasteiger partial charge in [0.15, 0.2) is 5.41 Å². The molecule has 2 rings (SSSR count). The van der Waals surface area contributed by atoms with E-state index in [-0.39, 0.29) is 6.42 Å². The van der Waals surface area contributed by atoms with Gasteiger partial charge in [0.25, 0.3) is 0 Å². The number of carbonyl (C=O) groups is 2. The number of carboxylic acid groups (broad SMARTS) is 1. The van der Waals surface area contributed by atoms with E-state index in [1.807, 2.05) is 30.3 Å². The van der Waals surface area contributed by atoms with E-state index in [2.05, 4.69) is 0 Å². The Labute approximate surface area is 129 Å². The topological polar surface area (TPSA) is 66.8 Å². The molecule has 1 unspecified atom stereocenters. The molecule has 0 aliphatic heterocycles. The monoisotopic (exact) mass is 301 g/mol. The highest BCUT2D eigenvalue weighted by Crippen LogP contribution is 2.40. The van der Waals surface area contributed by atoms with Crippen molar-refractivity contribution in [2.24, 2.45) is 5.41 Å². The Morgan fingerprint density at radius 1 is 1.23 bits per heavy atom. The molecule has 0 bridgehead atoms. The Morgan fingerprint density at radius 3 is 2.36 bits per heavy atom. The molecule has 116 valence electrons. The lowest BCUT2D eigenvalue weighted by atomic mass is 9.75. The van der Waals surface area contributed by atoms with Crippen molar-refractivity contribution in [1.82, 2.24) is 4.90 Å². The van der Waals surface area contributed by atoms with Gasteiger partial charge in [0.05, 0.1) is 7.11 Å². The summed E-state index contributed by atoms with van der Waals surface area (Å²) in [6, 6.07) is 9.40. The third-order valence-electron chi connectivity index (χ3n) is 3.72. The summed E-state index contributed by atoms with van der Waals surface area (Å²) >= 11 is 0. The molecule has 0 radical (unpaired) electrons. The van der Waals surface area contributed by atoms with Crippen molar-refractivity contribution < 1.29 is 19.4 Å². The zero-order chi connectivity index (χ0) is 16.3. The van der Waals surface area contributed by atoms with E-state index in [0.29, 0.717) is 5.76 Å². The average Bonchev–Trinajstić information content (AvgIpc) is 2.54. The van der Waals surface area contributed by atoms with Gasteiger partial charge in [-0.25, -0.2) is 0 Å². The molecule has 1 aliphatic rings. The standard InChI is InChI=1S/C17H19NO4/c1-18(2)15(19)17(16(20)21)10-13(9-14(11-17)22-3)12-7-5-4-6-8-12/h4-9,11H,10H2,1-3H3,(H,20,21). The van der Waals surface area contributed by atoms with E-state index in [1.54, 1.807) is 20.2 Å². The third kappa shape index (κ3) is 2.74. The Kier molecular flexibility index (Phi) is 4.35. The molecular formula is C17H19NO4. The maximum absolute atomic E-state index is 12.5. The van der Waals surface area contributed by atoms with Crippen molar-refractivity contribution >= 4 is 17.4 Å². The number of amides is 1. The lowest BCUT2D eigenvalue weighted by Gasteiger charge is -2.32. The summed E-state index contributed by atoms with van der Waals surface area (Å²) in [5, 5.41) is 9.71. The second-order valence-electron chi connectivity index (χ2n) is 5.44. The molecule has 0 saturated heterocycles. The van der Waals surface area contributed by atoms with E-state index in [9.17, 15) is 14.7 Å². The van der Waals surface area contributed by atoms with Gasteiger partial charge < -0.3 is 14.7 Å². The quantitative estimate of drug-likeness (QED) is 0.865. The highest BCUT2D eigenvalue weighted by molar-refractivity contribution is 6.06. The summed E-state index contributed by atoms with van der Waals surface area (Å²) in [7, 11) is 4.56. The molecule has 22 heavy (non-hydrogen) atoms. The number of benzene rings is 1. The Morgan fingerprint density at radius 2 is 1.86 bits per heavy atom. The van der Waals surface area contributed by atoms with Crippen molar-refractivity contribution in [2.75, 3.05) is 21.2 Å². The van der Waals surface area contributed by atoms with Crippen molar-refractivity contribution in [3.8, 4) is 0 Å². The van der Waals surface area contributed by atoms with Crippen LogP contribution in [0.3, 0.4) is 0 Å². The molecule has 1 N–H and O–H groups in total. The van der Waals surface area contributed by atoms with Gasteiger partial charge in [-0.05, 0) is 23.3 Å². The molecule has 1 aromatic carbocycles. The van der Waals surface area contributed by atoms with Gasteiger partial charge in [-0.15, -0.1) is 0 Å². The first-order valence-electron chi connectivity index (χ1n) is 6.88. The number of aliphatic carboxylic acids is 1. The molecule has 5 nitrogen and oxygen atoms in total. The van der Waals surface area contributed by atoms with Gasteiger partial charge in [-0.3, -0.25) is 9.59 Å². The van der Waals surface area contributed by atoms with Crippen molar-refractivity contribution in [2.45, 2.75) is 6.42 Å². The molecule has 1 aromatic rings. The first-order valence-corrected chi connectivity index (χ1v) is 6.88. The van der Waals surface area contributed by atoms with Crippen LogP contribution in [0, 0.1) is 5.41 Å². The van der Waals surface area contributed by atoms with E-state index >= 15 is 0 Å². The first kappa shape index (κ1) is 15.8. The van der Waals surface area contributed by atoms with Crippen LogP contribution in [-0.4, -0.2) is 43.1 Å². The average molecular weight is 301 g/mol. The summed E-state index contributed by atoms with van der Waals surface area (Å²) in [6.45, 7) is 0. The van der Waals surface area contributed by atoms with Gasteiger partial charge in [0.2, 0.25) is 5.91 Å². The van der Waals surface area contributed by atoms with Gasteiger partial charge in [-0.2, -0.15) is 0 Å². The summed E-state index contributed by atoms with van der Waals surface area (Å²) in [4.78, 5) is 25.7. The Balaban J connectivity index is 2.55. The number of carbonyl (C=O) groups excluding carboxylic acids is 1. The fraction of sp³-hybridized carbons (Fsp3) is 0.294. The van der Waals surface area contributed by atoms with Crippen molar-refractivity contribution in [3.05, 3.63) is 53.8 Å². The van der Waals surface area contributed by atoms with Gasteiger partial charge in [0, 0.05) is 20.5 Å². The lowest BCUT2D eigenvalue weighted by Crippen LogP contribution is -2.46. The molecule has 0 saturated carbocycles. The smallest absolute Gasteiger partial charge is 0.323 e. The summed E-state index contributed by atoms with van der Waals surface area (Å²) in [5.74, 6) is -1.28. The van der Waals surface area contributed by atoms with Crippen LogP contribution in [0.15, 0.2) is 48.2 Å². The second kappa shape index (κ2) is 6.05. The van der Waals surface area contributed by atoms with E-state index in [4.69, 9.17) is 4.74 Å². The number of hydrogen-bond donors (Lipinski definition) is 1. The van der Waals surface area contributed by atoms with Crippen molar-refractivity contribution in [3.63, 3.8) is 0 Å². The number of rotatable bonds is 4. The van der Waals surface area contributed by atoms with Gasteiger partial charge >= 0.3 is 5.97 Å². The zero-order valence-corrected chi connectivity index (χ0v) is 12.9. The predicted octanol–water partition coefficient (Wildman–Crippen LogP) is 2.16. The van der Waals surface area contributed by atoms with Gasteiger partial charge in [-0.1, -0.05) is 30.3 Å². The fourth-order valence-electron chi connectivity index (χ4n) is 2.58. The number of carboxylic acids is 1. The maximum Gasteiger partial charge on any atom is 0.323 e. The number of methoxy groups -OCH3 is 1. The molecule has 1 aliphatic carbocycles. The van der Waals surface area contributed by atoms with Crippen LogP contribution in [-0.2, 0) is 14.3 Å². The minimum Gasteiger partial charge on any atom is -0.497 e.